The van der Waals surface area contributed by atoms with Crippen molar-refractivity contribution >= 4 is 15.5 Å². The van der Waals surface area contributed by atoms with Crippen molar-refractivity contribution in [2.45, 2.75) is 17.5 Å². The van der Waals surface area contributed by atoms with Crippen LogP contribution in [-0.2, 0) is 29.2 Å². The van der Waals surface area contributed by atoms with Gasteiger partial charge in [0.05, 0.1) is 24.2 Å². The summed E-state index contributed by atoms with van der Waals surface area (Å²) in [6.45, 7) is -0.257. The Morgan fingerprint density at radius 1 is 1.33 bits per heavy atom. The maximum Gasteiger partial charge on any atom is 0.228 e. The molecule has 0 spiro atoms. The van der Waals surface area contributed by atoms with Crippen LogP contribution in [0.25, 0.3) is 5.65 Å². The van der Waals surface area contributed by atoms with Crippen LogP contribution in [0.2, 0.25) is 0 Å². The minimum absolute atomic E-state index is 0.0661. The van der Waals surface area contributed by atoms with Crippen LogP contribution in [0.3, 0.4) is 0 Å². The molecule has 0 radical (unpaired) electrons. The second-order valence-electron chi connectivity index (χ2n) is 4.71. The third-order valence-corrected chi connectivity index (χ3v) is 4.85. The summed E-state index contributed by atoms with van der Waals surface area (Å²) in [5, 5.41) is 9.05. The van der Waals surface area contributed by atoms with Gasteiger partial charge in [-0.3, -0.25) is 0 Å². The van der Waals surface area contributed by atoms with Gasteiger partial charge in [0, 0.05) is 19.4 Å². The molecule has 110 valence electrons. The molecule has 0 aliphatic heterocycles. The van der Waals surface area contributed by atoms with E-state index in [4.69, 9.17) is 5.11 Å². The van der Waals surface area contributed by atoms with Crippen LogP contribution in [0.1, 0.15) is 11.4 Å². The van der Waals surface area contributed by atoms with Gasteiger partial charge in [0.15, 0.2) is 0 Å². The number of aromatic nitrogens is 4. The molecule has 21 heavy (non-hydrogen) atoms. The second kappa shape index (κ2) is 4.97. The standard InChI is InChI=1S/C13H14N4O3S/c1-16-11(8-18)6-14-13(16)21(19,20)9-10-7-17-5-3-2-4-12(17)15-10/h2-7,18H,8-9H2,1H3. The molecule has 0 aliphatic carbocycles. The van der Waals surface area contributed by atoms with E-state index in [2.05, 4.69) is 9.97 Å². The molecular formula is C13H14N4O3S. The molecule has 0 atom stereocenters. The molecule has 3 rings (SSSR count). The van der Waals surface area contributed by atoms with E-state index in [-0.39, 0.29) is 17.5 Å². The summed E-state index contributed by atoms with van der Waals surface area (Å²) in [5.74, 6) is -0.232. The molecule has 1 N–H and O–H groups in total. The minimum atomic E-state index is -3.62. The van der Waals surface area contributed by atoms with Crippen LogP contribution in [0.15, 0.2) is 41.9 Å². The normalized spacial score (nSPS) is 12.1. The minimum Gasteiger partial charge on any atom is -0.390 e. The van der Waals surface area contributed by atoms with E-state index in [1.807, 2.05) is 18.3 Å². The zero-order valence-electron chi connectivity index (χ0n) is 11.3. The van der Waals surface area contributed by atoms with E-state index < -0.39 is 9.84 Å². The number of sulfone groups is 1. The van der Waals surface area contributed by atoms with E-state index in [0.717, 1.165) is 0 Å². The zero-order valence-corrected chi connectivity index (χ0v) is 12.2. The topological polar surface area (TPSA) is 89.5 Å². The Bertz CT molecular complexity index is 862. The van der Waals surface area contributed by atoms with Crippen molar-refractivity contribution in [1.82, 2.24) is 18.9 Å². The maximum atomic E-state index is 12.4. The highest BCUT2D eigenvalue weighted by Gasteiger charge is 2.23. The van der Waals surface area contributed by atoms with E-state index in [1.54, 1.807) is 23.7 Å². The van der Waals surface area contributed by atoms with Crippen LogP contribution >= 0.6 is 0 Å². The SMILES string of the molecule is Cn1c(CO)cnc1S(=O)(=O)Cc1cn2ccccc2n1. The first kappa shape index (κ1) is 13.8. The van der Waals surface area contributed by atoms with Crippen molar-refractivity contribution in [2.24, 2.45) is 7.05 Å². The molecule has 3 aromatic rings. The first-order chi connectivity index (χ1) is 10.0. The molecule has 0 saturated heterocycles. The van der Waals surface area contributed by atoms with Crippen LogP contribution in [-0.4, -0.2) is 32.5 Å². The Kier molecular flexibility index (Phi) is 3.26. The summed E-state index contributed by atoms with van der Waals surface area (Å²) in [7, 11) is -2.05. The molecule has 0 bridgehead atoms. The number of hydrogen-bond acceptors (Lipinski definition) is 5. The lowest BCUT2D eigenvalue weighted by Crippen LogP contribution is -2.12. The predicted octanol–water partition coefficient (Wildman–Crippen LogP) is 0.534. The molecule has 0 aliphatic rings. The van der Waals surface area contributed by atoms with E-state index >= 15 is 0 Å². The van der Waals surface area contributed by atoms with E-state index in [9.17, 15) is 8.42 Å². The highest BCUT2D eigenvalue weighted by molar-refractivity contribution is 7.90. The van der Waals surface area contributed by atoms with Crippen molar-refractivity contribution in [1.29, 1.82) is 0 Å². The van der Waals surface area contributed by atoms with Crippen molar-refractivity contribution < 1.29 is 13.5 Å². The van der Waals surface area contributed by atoms with Gasteiger partial charge >= 0.3 is 0 Å². The first-order valence-corrected chi connectivity index (χ1v) is 7.93. The molecule has 0 unspecified atom stereocenters. The smallest absolute Gasteiger partial charge is 0.228 e. The number of hydrogen-bond donors (Lipinski definition) is 1. The van der Waals surface area contributed by atoms with E-state index in [1.165, 1.54) is 10.8 Å². The fraction of sp³-hybridized carbons (Fsp3) is 0.231. The molecule has 3 heterocycles. The quantitative estimate of drug-likeness (QED) is 0.759. The average Bonchev–Trinajstić information content (AvgIpc) is 3.00. The lowest BCUT2D eigenvalue weighted by molar-refractivity contribution is 0.271. The zero-order chi connectivity index (χ0) is 15.0. The number of rotatable bonds is 4. The van der Waals surface area contributed by atoms with Gasteiger partial charge in [0.2, 0.25) is 15.0 Å². The van der Waals surface area contributed by atoms with Gasteiger partial charge in [0.1, 0.15) is 11.4 Å². The molecular weight excluding hydrogens is 292 g/mol. The number of fused-ring (bicyclic) bond motifs is 1. The van der Waals surface area contributed by atoms with Crippen LogP contribution < -0.4 is 0 Å². The maximum absolute atomic E-state index is 12.4. The van der Waals surface area contributed by atoms with Crippen LogP contribution in [0, 0.1) is 0 Å². The summed E-state index contributed by atoms with van der Waals surface area (Å²) in [6.07, 6.45) is 4.85. The number of aliphatic hydroxyl groups excluding tert-OH is 1. The summed E-state index contributed by atoms with van der Waals surface area (Å²) in [4.78, 5) is 8.17. The third kappa shape index (κ3) is 2.43. The first-order valence-electron chi connectivity index (χ1n) is 6.28. The van der Waals surface area contributed by atoms with Gasteiger partial charge < -0.3 is 14.1 Å². The van der Waals surface area contributed by atoms with Gasteiger partial charge in [-0.25, -0.2) is 18.4 Å². The van der Waals surface area contributed by atoms with Crippen molar-refractivity contribution in [3.8, 4) is 0 Å². The number of pyridine rings is 1. The fourth-order valence-electron chi connectivity index (χ4n) is 2.18. The second-order valence-corrected chi connectivity index (χ2v) is 6.59. The third-order valence-electron chi connectivity index (χ3n) is 3.23. The molecule has 0 amide bonds. The summed E-state index contributed by atoms with van der Waals surface area (Å²) < 4.78 is 28.0. The Morgan fingerprint density at radius 3 is 2.81 bits per heavy atom. The van der Waals surface area contributed by atoms with Crippen molar-refractivity contribution in [3.05, 3.63) is 48.2 Å². The van der Waals surface area contributed by atoms with Gasteiger partial charge in [0.25, 0.3) is 0 Å². The molecule has 0 aromatic carbocycles. The highest BCUT2D eigenvalue weighted by atomic mass is 32.2. The van der Waals surface area contributed by atoms with Crippen LogP contribution in [0.4, 0.5) is 0 Å². The monoisotopic (exact) mass is 306 g/mol. The van der Waals surface area contributed by atoms with Gasteiger partial charge in [-0.05, 0) is 12.1 Å². The molecule has 0 saturated carbocycles. The highest BCUT2D eigenvalue weighted by Crippen LogP contribution is 2.16. The Balaban J connectivity index is 1.97. The average molecular weight is 306 g/mol. The predicted molar refractivity (Wildman–Crippen MR) is 75.2 cm³/mol. The number of aliphatic hydroxyl groups is 1. The Morgan fingerprint density at radius 2 is 2.14 bits per heavy atom. The largest absolute Gasteiger partial charge is 0.390 e. The van der Waals surface area contributed by atoms with Crippen molar-refractivity contribution in [3.63, 3.8) is 0 Å². The number of nitrogens with zero attached hydrogens (tertiary/aromatic N) is 4. The molecule has 3 aromatic heterocycles. The molecule has 8 heteroatoms. The lowest BCUT2D eigenvalue weighted by Gasteiger charge is -2.04. The van der Waals surface area contributed by atoms with Gasteiger partial charge in [-0.2, -0.15) is 0 Å². The van der Waals surface area contributed by atoms with Crippen LogP contribution in [0.5, 0.6) is 0 Å². The van der Waals surface area contributed by atoms with Gasteiger partial charge in [-0.15, -0.1) is 0 Å². The molecule has 0 fully saturated rings. The van der Waals surface area contributed by atoms with Gasteiger partial charge in [-0.1, -0.05) is 6.07 Å². The molecule has 7 nitrogen and oxygen atoms in total. The summed E-state index contributed by atoms with van der Waals surface area (Å²) in [5.41, 5.74) is 1.59. The Labute approximate surface area is 121 Å². The Hall–Kier alpha value is -2.19. The lowest BCUT2D eigenvalue weighted by atomic mass is 10.5. The fourth-order valence-corrected chi connectivity index (χ4v) is 3.58. The van der Waals surface area contributed by atoms with E-state index in [0.29, 0.717) is 17.0 Å². The number of imidazole rings is 2. The van der Waals surface area contributed by atoms with Crippen molar-refractivity contribution in [2.75, 3.05) is 0 Å². The summed E-state index contributed by atoms with van der Waals surface area (Å²) >= 11 is 0. The summed E-state index contributed by atoms with van der Waals surface area (Å²) in [6, 6.07) is 5.49.